The normalized spacial score (nSPS) is 11.9. The minimum Gasteiger partial charge on any atom is -0.507 e. The molecule has 0 saturated carbocycles. The van der Waals surface area contributed by atoms with Crippen molar-refractivity contribution in [3.8, 4) is 11.5 Å². The Balaban J connectivity index is 3.33. The molecule has 2 N–H and O–H groups in total. The monoisotopic (exact) mass is 586 g/mol. The number of phenols is 2. The van der Waals surface area contributed by atoms with Crippen LogP contribution in [0.1, 0.15) is 151 Å². The smallest absolute Gasteiger partial charge is 0.207 e. The lowest BCUT2D eigenvalue weighted by Gasteiger charge is -2.28. The molecule has 41 heavy (non-hydrogen) atoms. The van der Waals surface area contributed by atoms with E-state index < -0.39 is 9.84 Å². The molecule has 0 fully saturated rings. The van der Waals surface area contributed by atoms with Gasteiger partial charge < -0.3 is 10.2 Å². The second kappa shape index (κ2) is 16.6. The maximum Gasteiger partial charge on any atom is 0.207 e. The van der Waals surface area contributed by atoms with Crippen LogP contribution in [0.3, 0.4) is 0 Å². The van der Waals surface area contributed by atoms with E-state index in [-0.39, 0.29) is 0 Å². The Morgan fingerprint density at radius 3 is 0.707 bits per heavy atom. The van der Waals surface area contributed by atoms with Crippen molar-refractivity contribution in [2.45, 2.75) is 168 Å². The first-order valence-electron chi connectivity index (χ1n) is 16.7. The lowest BCUT2D eigenvalue weighted by Crippen LogP contribution is -2.20. The molecular weight excluding hydrogens is 528 g/mol. The van der Waals surface area contributed by atoms with Crippen LogP contribution >= 0.6 is 0 Å². The molecule has 0 saturated heterocycles. The van der Waals surface area contributed by atoms with Crippen LogP contribution in [0, 0.1) is 0 Å². The molecule has 0 bridgehead atoms. The summed E-state index contributed by atoms with van der Waals surface area (Å²) in [5, 5.41) is 23.3. The molecule has 5 heteroatoms. The van der Waals surface area contributed by atoms with E-state index in [0.717, 1.165) is 95.9 Å². The zero-order chi connectivity index (χ0) is 30.7. The maximum absolute atomic E-state index is 15.5. The summed E-state index contributed by atoms with van der Waals surface area (Å²) in [6.45, 7) is 16.7. The summed E-state index contributed by atoms with van der Waals surface area (Å²) >= 11 is 0. The molecule has 2 rings (SSSR count). The van der Waals surface area contributed by atoms with Crippen LogP contribution in [-0.4, -0.2) is 18.6 Å². The summed E-state index contributed by atoms with van der Waals surface area (Å²) in [7, 11) is -3.97. The number of phenolic OH excluding ortho intramolecular Hbond substituents is 2. The highest BCUT2D eigenvalue weighted by Gasteiger charge is 2.36. The van der Waals surface area contributed by atoms with Gasteiger partial charge in [-0.15, -0.1) is 0 Å². The third kappa shape index (κ3) is 7.32. The molecule has 0 heterocycles. The molecule has 0 atom stereocenters. The van der Waals surface area contributed by atoms with Crippen molar-refractivity contribution < 1.29 is 18.6 Å². The van der Waals surface area contributed by atoms with Gasteiger partial charge in [0.15, 0.2) is 0 Å². The summed E-state index contributed by atoms with van der Waals surface area (Å²) in [5.41, 5.74) is 6.59. The third-order valence-electron chi connectivity index (χ3n) is 8.23. The zero-order valence-corrected chi connectivity index (χ0v) is 28.2. The van der Waals surface area contributed by atoms with E-state index in [2.05, 4.69) is 55.4 Å². The average molecular weight is 587 g/mol. The van der Waals surface area contributed by atoms with Gasteiger partial charge in [0.1, 0.15) is 11.5 Å². The molecule has 0 aliphatic rings. The quantitative estimate of drug-likeness (QED) is 0.182. The molecule has 2 aromatic carbocycles. The van der Waals surface area contributed by atoms with Gasteiger partial charge in [-0.25, -0.2) is 8.42 Å². The number of hydrogen-bond donors (Lipinski definition) is 2. The zero-order valence-electron chi connectivity index (χ0n) is 27.4. The SMILES string of the molecule is CCCc1c(O)c(CCC)c(CCC)c(S(=O)(=O)c2c(CCC)c(CCC)c(O)c(CCC)c2CCC)c1CCC. The highest BCUT2D eigenvalue weighted by molar-refractivity contribution is 7.91. The summed E-state index contributed by atoms with van der Waals surface area (Å²) in [4.78, 5) is 0.937. The molecule has 0 amide bonds. The van der Waals surface area contributed by atoms with Crippen molar-refractivity contribution in [2.24, 2.45) is 0 Å². The topological polar surface area (TPSA) is 74.6 Å². The van der Waals surface area contributed by atoms with Gasteiger partial charge >= 0.3 is 0 Å². The minimum absolute atomic E-state index is 0.325. The van der Waals surface area contributed by atoms with E-state index in [1.807, 2.05) is 0 Å². The van der Waals surface area contributed by atoms with Crippen LogP contribution in [0.5, 0.6) is 11.5 Å². The number of hydrogen-bond acceptors (Lipinski definition) is 4. The van der Waals surface area contributed by atoms with Gasteiger partial charge in [0.05, 0.1) is 9.79 Å². The van der Waals surface area contributed by atoms with Crippen LogP contribution in [-0.2, 0) is 61.2 Å². The van der Waals surface area contributed by atoms with Crippen molar-refractivity contribution in [2.75, 3.05) is 0 Å². The summed E-state index contributed by atoms with van der Waals surface area (Å²) < 4.78 is 31.0. The van der Waals surface area contributed by atoms with Gasteiger partial charge in [-0.1, -0.05) is 107 Å². The third-order valence-corrected chi connectivity index (χ3v) is 10.3. The molecule has 4 nitrogen and oxygen atoms in total. The van der Waals surface area contributed by atoms with Crippen LogP contribution in [0.4, 0.5) is 0 Å². The van der Waals surface area contributed by atoms with Gasteiger partial charge in [0, 0.05) is 0 Å². The molecule has 0 aliphatic carbocycles. The number of sulfone groups is 1. The van der Waals surface area contributed by atoms with Gasteiger partial charge in [-0.05, 0) is 95.9 Å². The van der Waals surface area contributed by atoms with E-state index in [1.165, 1.54) is 0 Å². The predicted molar refractivity (Wildman–Crippen MR) is 174 cm³/mol. The van der Waals surface area contributed by atoms with Gasteiger partial charge in [0.25, 0.3) is 0 Å². The Kier molecular flexibility index (Phi) is 14.2. The van der Waals surface area contributed by atoms with Crippen molar-refractivity contribution >= 4 is 9.84 Å². The Labute approximate surface area is 251 Å². The molecule has 232 valence electrons. The van der Waals surface area contributed by atoms with Crippen LogP contribution in [0.15, 0.2) is 9.79 Å². The van der Waals surface area contributed by atoms with Gasteiger partial charge in [-0.2, -0.15) is 0 Å². The largest absolute Gasteiger partial charge is 0.507 e. The van der Waals surface area contributed by atoms with E-state index in [0.29, 0.717) is 72.7 Å². The van der Waals surface area contributed by atoms with Crippen molar-refractivity contribution in [3.63, 3.8) is 0 Å². The summed E-state index contributed by atoms with van der Waals surface area (Å²) in [6.07, 6.45) is 11.7. The minimum atomic E-state index is -3.97. The fourth-order valence-electron chi connectivity index (χ4n) is 6.73. The highest BCUT2D eigenvalue weighted by atomic mass is 32.2. The standard InChI is InChI=1S/C36H58O4S/c1-9-17-25-29(21-13-5)35(30(22-14-6)26(18-10-2)33(25)37)41(39,40)36-31(23-15-7)27(19-11-3)34(38)28(20-12-4)32(36)24-16-8/h37-38H,9-24H2,1-8H3. The average Bonchev–Trinajstić information content (AvgIpc) is 2.93. The first-order chi connectivity index (χ1) is 19.7. The molecule has 2 aromatic rings. The van der Waals surface area contributed by atoms with Crippen molar-refractivity contribution in [1.29, 1.82) is 0 Å². The number of benzene rings is 2. The fourth-order valence-corrected chi connectivity index (χ4v) is 9.14. The predicted octanol–water partition coefficient (Wildman–Crippen LogP) is 9.55. The van der Waals surface area contributed by atoms with Gasteiger partial charge in [-0.3, -0.25) is 0 Å². The Bertz CT molecular complexity index is 1090. The van der Waals surface area contributed by atoms with E-state index in [9.17, 15) is 10.2 Å². The first kappa shape index (κ1) is 35.2. The first-order valence-corrected chi connectivity index (χ1v) is 18.2. The summed E-state index contributed by atoms with van der Waals surface area (Å²) in [6, 6.07) is 0. The molecule has 0 aliphatic heterocycles. The number of rotatable bonds is 18. The van der Waals surface area contributed by atoms with Crippen LogP contribution < -0.4 is 0 Å². The number of aromatic hydroxyl groups is 2. The van der Waals surface area contributed by atoms with Crippen molar-refractivity contribution in [1.82, 2.24) is 0 Å². The second-order valence-electron chi connectivity index (χ2n) is 11.7. The molecule has 0 spiro atoms. The Hall–Kier alpha value is -2.01. The molecular formula is C36H58O4S. The van der Waals surface area contributed by atoms with Crippen molar-refractivity contribution in [3.05, 3.63) is 44.5 Å². The second-order valence-corrected chi connectivity index (χ2v) is 13.5. The maximum atomic E-state index is 15.5. The van der Waals surface area contributed by atoms with Crippen LogP contribution in [0.2, 0.25) is 0 Å². The van der Waals surface area contributed by atoms with E-state index >= 15 is 8.42 Å². The Morgan fingerprint density at radius 1 is 0.366 bits per heavy atom. The Morgan fingerprint density at radius 2 is 0.537 bits per heavy atom. The summed E-state index contributed by atoms with van der Waals surface area (Å²) in [5.74, 6) is 0.650. The van der Waals surface area contributed by atoms with E-state index in [1.54, 1.807) is 0 Å². The lowest BCUT2D eigenvalue weighted by atomic mass is 9.88. The molecule has 0 unspecified atom stereocenters. The van der Waals surface area contributed by atoms with Crippen LogP contribution in [0.25, 0.3) is 0 Å². The molecule has 0 radical (unpaired) electrons. The van der Waals surface area contributed by atoms with E-state index in [4.69, 9.17) is 0 Å². The highest BCUT2D eigenvalue weighted by Crippen LogP contribution is 2.46. The molecule has 0 aromatic heterocycles. The van der Waals surface area contributed by atoms with Gasteiger partial charge in [0.2, 0.25) is 9.84 Å². The fraction of sp³-hybridized carbons (Fsp3) is 0.667. The lowest BCUT2D eigenvalue weighted by molar-refractivity contribution is 0.455.